The first-order valence-corrected chi connectivity index (χ1v) is 14.3. The minimum atomic E-state index is -1.08. The number of hydroxylamine groups is 1. The van der Waals surface area contributed by atoms with Crippen LogP contribution in [0.2, 0.25) is 0 Å². The zero-order chi connectivity index (χ0) is 32.1. The highest BCUT2D eigenvalue weighted by molar-refractivity contribution is 5.91. The Kier molecular flexibility index (Phi) is 18.1. The van der Waals surface area contributed by atoms with Crippen molar-refractivity contribution in [1.82, 2.24) is 10.8 Å². The predicted molar refractivity (Wildman–Crippen MR) is 156 cm³/mol. The number of alkyl carbamates (subject to hydrolysis) is 1. The Morgan fingerprint density at radius 1 is 0.721 bits per heavy atom. The van der Waals surface area contributed by atoms with Crippen molar-refractivity contribution < 1.29 is 52.4 Å². The molecule has 2 amide bonds. The first kappa shape index (κ1) is 37.8. The zero-order valence-electron chi connectivity index (χ0n) is 26.2. The maximum Gasteiger partial charge on any atom is 0.431 e. The maximum atomic E-state index is 12.8. The fourth-order valence-corrected chi connectivity index (χ4v) is 3.23. The summed E-state index contributed by atoms with van der Waals surface area (Å²) < 4.78 is 31.8. The molecule has 0 aliphatic carbocycles. The zero-order valence-corrected chi connectivity index (χ0v) is 26.2. The Bertz CT molecular complexity index is 959. The molecule has 0 bridgehead atoms. The van der Waals surface area contributed by atoms with Gasteiger partial charge in [0, 0.05) is 13.0 Å². The smallest absolute Gasteiger partial charge is 0.431 e. The summed E-state index contributed by atoms with van der Waals surface area (Å²) in [5, 5.41) is 2.50. The molecule has 0 unspecified atom stereocenters. The molecule has 1 aromatic carbocycles. The van der Waals surface area contributed by atoms with Crippen LogP contribution in [0, 0.1) is 0 Å². The molecule has 2 N–H and O–H groups in total. The van der Waals surface area contributed by atoms with Crippen LogP contribution in [0.25, 0.3) is 0 Å². The molecule has 1 rings (SSSR count). The minimum absolute atomic E-state index is 0.0663. The molecule has 0 heterocycles. The average molecular weight is 613 g/mol. The molecule has 1 atom stereocenters. The van der Waals surface area contributed by atoms with Gasteiger partial charge in [0.25, 0.3) is 0 Å². The van der Waals surface area contributed by atoms with Crippen LogP contribution in [0.4, 0.5) is 9.59 Å². The van der Waals surface area contributed by atoms with E-state index in [1.165, 1.54) is 0 Å². The van der Waals surface area contributed by atoms with E-state index < -0.39 is 35.4 Å². The van der Waals surface area contributed by atoms with E-state index in [-0.39, 0.29) is 38.4 Å². The molecule has 0 radical (unpaired) electrons. The molecule has 0 aromatic heterocycles. The number of carbonyl (C=O) groups excluding carboxylic acids is 4. The number of Topliss-reactive ketones (excluding diaryl/α,β-unsaturated/α-hetero) is 1. The molecule has 1 aromatic rings. The Morgan fingerprint density at radius 2 is 1.26 bits per heavy atom. The van der Waals surface area contributed by atoms with Crippen LogP contribution in [-0.4, -0.2) is 87.4 Å². The van der Waals surface area contributed by atoms with E-state index in [0.717, 1.165) is 5.56 Å². The van der Waals surface area contributed by atoms with E-state index in [9.17, 15) is 19.2 Å². The number of nitrogens with one attached hydrogen (secondary N) is 2. The summed E-state index contributed by atoms with van der Waals surface area (Å²) in [5.41, 5.74) is 1.61. The average Bonchev–Trinajstić information content (AvgIpc) is 2.90. The number of hydrogen-bond acceptors (Lipinski definition) is 11. The molecular weight excluding hydrogens is 564 g/mol. The van der Waals surface area contributed by atoms with Gasteiger partial charge in [0.1, 0.15) is 23.9 Å². The van der Waals surface area contributed by atoms with Gasteiger partial charge in [0.2, 0.25) is 0 Å². The van der Waals surface area contributed by atoms with Crippen molar-refractivity contribution in [2.45, 2.75) is 84.7 Å². The van der Waals surface area contributed by atoms with Gasteiger partial charge in [0.05, 0.1) is 46.1 Å². The van der Waals surface area contributed by atoms with Crippen LogP contribution in [0.5, 0.6) is 0 Å². The molecule has 13 heteroatoms. The van der Waals surface area contributed by atoms with Crippen molar-refractivity contribution in [3.05, 3.63) is 35.9 Å². The van der Waals surface area contributed by atoms with E-state index in [4.69, 9.17) is 33.3 Å². The molecule has 0 aliphatic heterocycles. The second-order valence-electron chi connectivity index (χ2n) is 11.4. The Morgan fingerprint density at radius 3 is 1.84 bits per heavy atom. The van der Waals surface area contributed by atoms with Crippen molar-refractivity contribution in [2.75, 3.05) is 46.2 Å². The second kappa shape index (κ2) is 20.6. The summed E-state index contributed by atoms with van der Waals surface area (Å²) in [5.74, 6) is -0.939. The summed E-state index contributed by atoms with van der Waals surface area (Å²) in [4.78, 5) is 53.9. The lowest BCUT2D eigenvalue weighted by Crippen LogP contribution is -2.44. The van der Waals surface area contributed by atoms with Gasteiger partial charge < -0.3 is 33.7 Å². The lowest BCUT2D eigenvalue weighted by Gasteiger charge is -2.23. The third-order valence-corrected chi connectivity index (χ3v) is 5.03. The van der Waals surface area contributed by atoms with Crippen LogP contribution in [0.3, 0.4) is 0 Å². The van der Waals surface area contributed by atoms with Crippen LogP contribution in [0.1, 0.15) is 66.4 Å². The number of amides is 2. The molecule has 0 saturated heterocycles. The SMILES string of the molecule is CC(C)(C)OC(=O)NOCCOCCOCCOCCCC(=O)[C@H](CC(=O)OCc1ccccc1)NC(=O)OC(C)(C)C. The van der Waals surface area contributed by atoms with Gasteiger partial charge >= 0.3 is 18.2 Å². The molecule has 13 nitrogen and oxygen atoms in total. The minimum Gasteiger partial charge on any atom is -0.461 e. The van der Waals surface area contributed by atoms with Crippen molar-refractivity contribution in [3.63, 3.8) is 0 Å². The van der Waals surface area contributed by atoms with Crippen LogP contribution >= 0.6 is 0 Å². The molecule has 0 spiro atoms. The van der Waals surface area contributed by atoms with Gasteiger partial charge in [-0.25, -0.2) is 9.59 Å². The lowest BCUT2D eigenvalue weighted by atomic mass is 10.1. The first-order chi connectivity index (χ1) is 20.2. The Balaban J connectivity index is 2.22. The number of carbonyl (C=O) groups is 4. The molecule has 0 aliphatic rings. The molecule has 244 valence electrons. The van der Waals surface area contributed by atoms with Gasteiger partial charge in [-0.1, -0.05) is 30.3 Å². The first-order valence-electron chi connectivity index (χ1n) is 14.3. The highest BCUT2D eigenvalue weighted by Gasteiger charge is 2.27. The Labute approximate surface area is 254 Å². The van der Waals surface area contributed by atoms with Gasteiger partial charge in [-0.3, -0.25) is 14.4 Å². The van der Waals surface area contributed by atoms with Crippen molar-refractivity contribution >= 4 is 23.9 Å². The highest BCUT2D eigenvalue weighted by atomic mass is 16.7. The summed E-state index contributed by atoms with van der Waals surface area (Å²) in [6, 6.07) is 8.07. The molecule has 43 heavy (non-hydrogen) atoms. The van der Waals surface area contributed by atoms with Crippen molar-refractivity contribution in [1.29, 1.82) is 0 Å². The Hall–Kier alpha value is -3.26. The number of ether oxygens (including phenoxy) is 6. The predicted octanol–water partition coefficient (Wildman–Crippen LogP) is 3.87. The van der Waals surface area contributed by atoms with Crippen LogP contribution in [-0.2, 0) is 49.5 Å². The number of esters is 1. The summed E-state index contributed by atoms with van der Waals surface area (Å²) >= 11 is 0. The summed E-state index contributed by atoms with van der Waals surface area (Å²) in [6.07, 6.45) is -1.29. The van der Waals surface area contributed by atoms with E-state index in [0.29, 0.717) is 39.5 Å². The molecule has 0 saturated carbocycles. The maximum absolute atomic E-state index is 12.8. The topological polar surface area (TPSA) is 157 Å². The van der Waals surface area contributed by atoms with Gasteiger partial charge in [-0.2, -0.15) is 5.48 Å². The van der Waals surface area contributed by atoms with E-state index in [2.05, 4.69) is 10.8 Å². The largest absolute Gasteiger partial charge is 0.461 e. The standard InChI is InChI=1S/C30H48N2O11/c1-29(2,3)42-27(35)31-24(21-26(34)40-22-23-11-8-7-9-12-23)25(33)13-10-14-37-15-16-38-17-18-39-19-20-41-32-28(36)43-30(4,5)6/h7-9,11-12,24H,10,13-22H2,1-6H3,(H,31,35)(H,32,36)/t24-/m0/s1. The van der Waals surface area contributed by atoms with Crippen molar-refractivity contribution in [2.24, 2.45) is 0 Å². The number of rotatable bonds is 20. The quantitative estimate of drug-likeness (QED) is 0.0953. The van der Waals surface area contributed by atoms with Crippen LogP contribution in [0.15, 0.2) is 30.3 Å². The third-order valence-electron chi connectivity index (χ3n) is 5.03. The molecule has 0 fully saturated rings. The van der Waals surface area contributed by atoms with Crippen molar-refractivity contribution in [3.8, 4) is 0 Å². The van der Waals surface area contributed by atoms with E-state index in [1.54, 1.807) is 41.5 Å². The lowest BCUT2D eigenvalue weighted by molar-refractivity contribution is -0.146. The van der Waals surface area contributed by atoms with E-state index in [1.807, 2.05) is 30.3 Å². The van der Waals surface area contributed by atoms with Gasteiger partial charge in [0.15, 0.2) is 5.78 Å². The monoisotopic (exact) mass is 612 g/mol. The van der Waals surface area contributed by atoms with Crippen LogP contribution < -0.4 is 10.8 Å². The number of ketones is 1. The fraction of sp³-hybridized carbons (Fsp3) is 0.667. The number of hydrogen-bond donors (Lipinski definition) is 2. The normalized spacial score (nSPS) is 12.2. The molecular formula is C30H48N2O11. The highest BCUT2D eigenvalue weighted by Crippen LogP contribution is 2.10. The van der Waals surface area contributed by atoms with E-state index >= 15 is 0 Å². The third kappa shape index (κ3) is 22.0. The summed E-state index contributed by atoms with van der Waals surface area (Å²) in [7, 11) is 0. The number of benzene rings is 1. The van der Waals surface area contributed by atoms with Gasteiger partial charge in [-0.05, 0) is 53.5 Å². The summed E-state index contributed by atoms with van der Waals surface area (Å²) in [6.45, 7) is 12.5. The van der Waals surface area contributed by atoms with Gasteiger partial charge in [-0.15, -0.1) is 0 Å². The second-order valence-corrected chi connectivity index (χ2v) is 11.4. The fourth-order valence-electron chi connectivity index (χ4n) is 3.23.